The predicted octanol–water partition coefficient (Wildman–Crippen LogP) is 3.12. The Kier molecular flexibility index (Phi) is 6.19. The molecule has 3 aliphatic rings. The lowest BCUT2D eigenvalue weighted by molar-refractivity contribution is -0.136. The summed E-state index contributed by atoms with van der Waals surface area (Å²) in [6.07, 6.45) is 8.42. The Labute approximate surface area is 179 Å². The van der Waals surface area contributed by atoms with Crippen LogP contribution in [0, 0.1) is 5.92 Å². The van der Waals surface area contributed by atoms with Crippen molar-refractivity contribution in [2.24, 2.45) is 5.92 Å². The molecule has 0 N–H and O–H groups in total. The molecule has 1 aromatic rings. The number of carbonyl (C=O) groups is 2. The Morgan fingerprint density at radius 1 is 1.03 bits per heavy atom. The summed E-state index contributed by atoms with van der Waals surface area (Å²) < 4.78 is 26.0. The number of amides is 2. The second-order valence-electron chi connectivity index (χ2n) is 9.09. The van der Waals surface area contributed by atoms with Gasteiger partial charge in [-0.25, -0.2) is 8.42 Å². The Morgan fingerprint density at radius 3 is 2.37 bits per heavy atom. The minimum absolute atomic E-state index is 0.131. The number of hydrogen-bond acceptors (Lipinski definition) is 4. The highest BCUT2D eigenvalue weighted by Gasteiger charge is 2.58. The molecule has 0 bridgehead atoms. The first-order valence-electron chi connectivity index (χ1n) is 11.3. The van der Waals surface area contributed by atoms with Crippen molar-refractivity contribution in [1.29, 1.82) is 0 Å². The molecule has 0 atom stereocenters. The molecule has 0 aromatic heterocycles. The van der Waals surface area contributed by atoms with Crippen LogP contribution in [0.2, 0.25) is 0 Å². The molecule has 1 aromatic carbocycles. The summed E-state index contributed by atoms with van der Waals surface area (Å²) in [6.45, 7) is 1.11. The smallest absolute Gasteiger partial charge is 0.239 e. The summed E-state index contributed by atoms with van der Waals surface area (Å²) in [5.41, 5.74) is 0.924. The number of piperidine rings is 1. The van der Waals surface area contributed by atoms with Crippen molar-refractivity contribution in [3.63, 3.8) is 0 Å². The third-order valence-corrected chi connectivity index (χ3v) is 9.67. The molecule has 0 unspecified atom stereocenters. The van der Waals surface area contributed by atoms with Crippen molar-refractivity contribution in [2.75, 3.05) is 18.8 Å². The van der Waals surface area contributed by atoms with Gasteiger partial charge in [0.1, 0.15) is 10.6 Å². The maximum atomic E-state index is 13.0. The summed E-state index contributed by atoms with van der Waals surface area (Å²) in [6, 6.07) is 9.51. The largest absolute Gasteiger partial charge is 0.342 e. The first kappa shape index (κ1) is 21.3. The summed E-state index contributed by atoms with van der Waals surface area (Å²) in [5, 5.41) is 0. The van der Waals surface area contributed by atoms with E-state index in [2.05, 4.69) is 0 Å². The molecule has 0 radical (unpaired) electrons. The maximum Gasteiger partial charge on any atom is 0.239 e. The molecule has 7 heteroatoms. The lowest BCUT2D eigenvalue weighted by Crippen LogP contribution is -2.56. The maximum absolute atomic E-state index is 13.0. The van der Waals surface area contributed by atoms with Crippen LogP contribution >= 0.6 is 0 Å². The van der Waals surface area contributed by atoms with Gasteiger partial charge in [-0.1, -0.05) is 62.4 Å². The first-order valence-corrected chi connectivity index (χ1v) is 12.9. The van der Waals surface area contributed by atoms with Gasteiger partial charge in [0.2, 0.25) is 11.8 Å². The van der Waals surface area contributed by atoms with Crippen LogP contribution in [0.25, 0.3) is 0 Å². The zero-order chi connectivity index (χ0) is 21.2. The van der Waals surface area contributed by atoms with Crippen molar-refractivity contribution in [3.8, 4) is 0 Å². The fraction of sp³-hybridized carbons (Fsp3) is 0.652. The van der Waals surface area contributed by atoms with E-state index in [-0.39, 0.29) is 11.8 Å². The standard InChI is InChI=1S/C23H32N2O4S/c26-21(12-11-19-7-3-1-4-8-19)24-15-13-23(14-16-24)25(22(27)18-30(23,28)29)17-20-9-5-2-6-10-20/h2,5-6,9-10,19H,1,3-4,7-8,11-18H2. The highest BCUT2D eigenvalue weighted by molar-refractivity contribution is 7.93. The van der Waals surface area contributed by atoms with Crippen LogP contribution in [0.1, 0.15) is 63.4 Å². The van der Waals surface area contributed by atoms with E-state index in [9.17, 15) is 18.0 Å². The van der Waals surface area contributed by atoms with Crippen LogP contribution in [0.4, 0.5) is 0 Å². The molecular formula is C23H32N2O4S. The number of benzene rings is 1. The van der Waals surface area contributed by atoms with Crippen LogP contribution in [-0.2, 0) is 26.0 Å². The fourth-order valence-electron chi connectivity index (χ4n) is 5.42. The number of hydrogen-bond donors (Lipinski definition) is 0. The zero-order valence-corrected chi connectivity index (χ0v) is 18.4. The number of rotatable bonds is 5. The predicted molar refractivity (Wildman–Crippen MR) is 115 cm³/mol. The van der Waals surface area contributed by atoms with Crippen LogP contribution < -0.4 is 0 Å². The Morgan fingerprint density at radius 2 is 1.70 bits per heavy atom. The molecule has 3 fully saturated rings. The Balaban J connectivity index is 1.41. The van der Waals surface area contributed by atoms with Gasteiger partial charge < -0.3 is 9.80 Å². The van der Waals surface area contributed by atoms with E-state index < -0.39 is 20.5 Å². The summed E-state index contributed by atoms with van der Waals surface area (Å²) in [7, 11) is -3.57. The third-order valence-electron chi connectivity index (χ3n) is 7.26. The number of carbonyl (C=O) groups excluding carboxylic acids is 2. The lowest BCUT2D eigenvalue weighted by Gasteiger charge is -2.43. The van der Waals surface area contributed by atoms with Gasteiger partial charge in [-0.2, -0.15) is 0 Å². The average Bonchev–Trinajstić information content (AvgIpc) is 2.93. The SMILES string of the molecule is O=C(CCC1CCCCC1)N1CCC2(CC1)N(Cc1ccccc1)C(=O)CS2(=O)=O. The second-order valence-corrected chi connectivity index (χ2v) is 11.4. The Bertz CT molecular complexity index is 870. The van der Waals surface area contributed by atoms with E-state index in [1.807, 2.05) is 35.2 Å². The van der Waals surface area contributed by atoms with Crippen LogP contribution in [0.3, 0.4) is 0 Å². The molecular weight excluding hydrogens is 400 g/mol. The summed E-state index contributed by atoms with van der Waals surface area (Å²) in [5.74, 6) is 0.0471. The molecule has 1 saturated carbocycles. The van der Waals surface area contributed by atoms with Crippen molar-refractivity contribution in [2.45, 2.75) is 69.2 Å². The van der Waals surface area contributed by atoms with E-state index in [1.54, 1.807) is 4.90 Å². The summed E-state index contributed by atoms with van der Waals surface area (Å²) in [4.78, 5) is 27.6. The van der Waals surface area contributed by atoms with Gasteiger partial charge in [-0.05, 0) is 17.9 Å². The van der Waals surface area contributed by atoms with E-state index in [0.29, 0.717) is 44.8 Å². The topological polar surface area (TPSA) is 74.8 Å². The minimum Gasteiger partial charge on any atom is -0.342 e. The number of nitrogens with zero attached hydrogens (tertiary/aromatic N) is 2. The third kappa shape index (κ3) is 4.13. The van der Waals surface area contributed by atoms with Gasteiger partial charge in [0.15, 0.2) is 9.84 Å². The highest BCUT2D eigenvalue weighted by atomic mass is 32.2. The number of sulfone groups is 1. The molecule has 1 aliphatic carbocycles. The molecule has 2 saturated heterocycles. The van der Waals surface area contributed by atoms with E-state index in [0.717, 1.165) is 12.0 Å². The van der Waals surface area contributed by atoms with Gasteiger partial charge in [0, 0.05) is 38.9 Å². The fourth-order valence-corrected chi connectivity index (χ4v) is 7.47. The van der Waals surface area contributed by atoms with Gasteiger partial charge in [0.05, 0.1) is 0 Å². The molecule has 1 spiro atoms. The van der Waals surface area contributed by atoms with Crippen molar-refractivity contribution in [3.05, 3.63) is 35.9 Å². The van der Waals surface area contributed by atoms with E-state index >= 15 is 0 Å². The molecule has 2 heterocycles. The van der Waals surface area contributed by atoms with Crippen LogP contribution in [0.15, 0.2) is 30.3 Å². The molecule has 164 valence electrons. The molecule has 2 amide bonds. The average molecular weight is 433 g/mol. The quantitative estimate of drug-likeness (QED) is 0.716. The Hall–Kier alpha value is -1.89. The molecule has 2 aliphatic heterocycles. The van der Waals surface area contributed by atoms with E-state index in [1.165, 1.54) is 32.1 Å². The van der Waals surface area contributed by atoms with Gasteiger partial charge >= 0.3 is 0 Å². The van der Waals surface area contributed by atoms with E-state index in [4.69, 9.17) is 0 Å². The molecule has 4 rings (SSSR count). The van der Waals surface area contributed by atoms with Crippen LogP contribution in [-0.4, -0.2) is 53.7 Å². The molecule has 6 nitrogen and oxygen atoms in total. The highest BCUT2D eigenvalue weighted by Crippen LogP contribution is 2.41. The van der Waals surface area contributed by atoms with Crippen molar-refractivity contribution in [1.82, 2.24) is 9.80 Å². The first-order chi connectivity index (χ1) is 14.4. The van der Waals surface area contributed by atoms with Crippen molar-refractivity contribution < 1.29 is 18.0 Å². The monoisotopic (exact) mass is 432 g/mol. The van der Waals surface area contributed by atoms with Gasteiger partial charge in [0.25, 0.3) is 0 Å². The minimum atomic E-state index is -3.57. The molecule has 30 heavy (non-hydrogen) atoms. The second kappa shape index (κ2) is 8.69. The number of likely N-dealkylation sites (tertiary alicyclic amines) is 1. The normalized spacial score (nSPS) is 23.8. The lowest BCUT2D eigenvalue weighted by atomic mass is 9.86. The van der Waals surface area contributed by atoms with Gasteiger partial charge in [-0.15, -0.1) is 0 Å². The summed E-state index contributed by atoms with van der Waals surface area (Å²) >= 11 is 0. The zero-order valence-electron chi connectivity index (χ0n) is 17.6. The van der Waals surface area contributed by atoms with Crippen LogP contribution in [0.5, 0.6) is 0 Å². The van der Waals surface area contributed by atoms with Crippen molar-refractivity contribution >= 4 is 21.7 Å². The van der Waals surface area contributed by atoms with Gasteiger partial charge in [-0.3, -0.25) is 9.59 Å².